The highest BCUT2D eigenvalue weighted by Crippen LogP contribution is 2.32. The molecule has 0 bridgehead atoms. The maximum absolute atomic E-state index is 13.4. The van der Waals surface area contributed by atoms with Crippen molar-refractivity contribution in [2.24, 2.45) is 5.73 Å². The average molecular weight is 266 g/mol. The van der Waals surface area contributed by atoms with Gasteiger partial charge >= 0.3 is 0 Å². The molecule has 18 heavy (non-hydrogen) atoms. The molecule has 1 atom stereocenters. The predicted molar refractivity (Wildman–Crippen MR) is 70.5 cm³/mol. The van der Waals surface area contributed by atoms with Crippen LogP contribution in [0.1, 0.15) is 18.5 Å². The van der Waals surface area contributed by atoms with Crippen LogP contribution in [0.3, 0.4) is 0 Å². The first kappa shape index (κ1) is 12.9. The van der Waals surface area contributed by atoms with Gasteiger partial charge in [0, 0.05) is 6.04 Å². The molecule has 2 N–H and O–H groups in total. The van der Waals surface area contributed by atoms with Crippen LogP contribution >= 0.6 is 11.6 Å². The van der Waals surface area contributed by atoms with Crippen molar-refractivity contribution < 1.29 is 9.13 Å². The highest BCUT2D eigenvalue weighted by Gasteiger charge is 2.09. The molecule has 2 aromatic rings. The lowest BCUT2D eigenvalue weighted by atomic mass is 10.1. The fraction of sp³-hybridized carbons (Fsp3) is 0.143. The molecule has 2 nitrogen and oxygen atoms in total. The normalized spacial score (nSPS) is 12.2. The highest BCUT2D eigenvalue weighted by molar-refractivity contribution is 6.32. The van der Waals surface area contributed by atoms with Crippen LogP contribution in [0.2, 0.25) is 5.02 Å². The smallest absolute Gasteiger partial charge is 0.165 e. The van der Waals surface area contributed by atoms with Gasteiger partial charge in [-0.05, 0) is 36.8 Å². The van der Waals surface area contributed by atoms with Gasteiger partial charge in [0.15, 0.2) is 11.6 Å². The van der Waals surface area contributed by atoms with E-state index in [9.17, 15) is 4.39 Å². The Labute approximate surface area is 110 Å². The molecule has 94 valence electrons. The van der Waals surface area contributed by atoms with Crippen LogP contribution in [-0.4, -0.2) is 0 Å². The predicted octanol–water partition coefficient (Wildman–Crippen LogP) is 4.29. The van der Waals surface area contributed by atoms with E-state index >= 15 is 0 Å². The second-order valence-corrected chi connectivity index (χ2v) is 4.42. The lowest BCUT2D eigenvalue weighted by Crippen LogP contribution is -2.04. The van der Waals surface area contributed by atoms with Crippen molar-refractivity contribution in [3.05, 3.63) is 58.9 Å². The summed E-state index contributed by atoms with van der Waals surface area (Å²) in [6, 6.07) is 11.3. The Bertz CT molecular complexity index is 557. The summed E-state index contributed by atoms with van der Waals surface area (Å²) in [6.07, 6.45) is 0. The maximum Gasteiger partial charge on any atom is 0.165 e. The fourth-order valence-corrected chi connectivity index (χ4v) is 1.76. The monoisotopic (exact) mass is 265 g/mol. The molecule has 4 heteroatoms. The zero-order valence-corrected chi connectivity index (χ0v) is 10.6. The van der Waals surface area contributed by atoms with Gasteiger partial charge in [-0.1, -0.05) is 29.8 Å². The van der Waals surface area contributed by atoms with E-state index < -0.39 is 5.82 Å². The molecule has 2 aromatic carbocycles. The molecule has 2 rings (SSSR count). The summed E-state index contributed by atoms with van der Waals surface area (Å²) in [5.41, 5.74) is 6.65. The molecule has 0 heterocycles. The summed E-state index contributed by atoms with van der Waals surface area (Å²) >= 11 is 6.07. The molecule has 0 aliphatic carbocycles. The van der Waals surface area contributed by atoms with E-state index in [1.165, 1.54) is 6.07 Å². The molecule has 0 saturated heterocycles. The standard InChI is InChI=1S/C14H13ClFNO/c1-9(17)10-6-7-13(11(15)8-10)18-14-5-3-2-4-12(14)16/h2-9H,17H2,1H3/t9-/m0/s1. The topological polar surface area (TPSA) is 35.2 Å². The fourth-order valence-electron chi connectivity index (χ4n) is 1.53. The van der Waals surface area contributed by atoms with E-state index in [0.717, 1.165) is 5.56 Å². The minimum absolute atomic E-state index is 0.106. The van der Waals surface area contributed by atoms with Crippen LogP contribution in [0.5, 0.6) is 11.5 Å². The minimum atomic E-state index is -0.426. The van der Waals surface area contributed by atoms with Crippen molar-refractivity contribution in [2.75, 3.05) is 0 Å². The summed E-state index contributed by atoms with van der Waals surface area (Å²) < 4.78 is 18.9. The van der Waals surface area contributed by atoms with Gasteiger partial charge in [-0.3, -0.25) is 0 Å². The van der Waals surface area contributed by atoms with E-state index in [4.69, 9.17) is 22.1 Å². The molecular weight excluding hydrogens is 253 g/mol. The first-order valence-corrected chi connectivity index (χ1v) is 5.93. The van der Waals surface area contributed by atoms with Gasteiger partial charge in [0.05, 0.1) is 5.02 Å². The largest absolute Gasteiger partial charge is 0.453 e. The second kappa shape index (κ2) is 5.38. The van der Waals surface area contributed by atoms with Crippen LogP contribution in [0.15, 0.2) is 42.5 Å². The van der Waals surface area contributed by atoms with Crippen LogP contribution in [0.25, 0.3) is 0 Å². The Morgan fingerprint density at radius 3 is 2.50 bits per heavy atom. The second-order valence-electron chi connectivity index (χ2n) is 4.01. The van der Waals surface area contributed by atoms with Crippen molar-refractivity contribution >= 4 is 11.6 Å². The number of halogens is 2. The number of hydrogen-bond acceptors (Lipinski definition) is 2. The summed E-state index contributed by atoms with van der Waals surface area (Å²) in [5.74, 6) is 0.129. The van der Waals surface area contributed by atoms with Crippen molar-refractivity contribution in [2.45, 2.75) is 13.0 Å². The van der Waals surface area contributed by atoms with Crippen molar-refractivity contribution in [1.82, 2.24) is 0 Å². The molecule has 0 fully saturated rings. The van der Waals surface area contributed by atoms with Gasteiger partial charge in [-0.15, -0.1) is 0 Å². The number of benzene rings is 2. The molecule has 0 saturated carbocycles. The van der Waals surface area contributed by atoms with Crippen molar-refractivity contribution in [3.63, 3.8) is 0 Å². The van der Waals surface area contributed by atoms with Gasteiger partial charge in [0.2, 0.25) is 0 Å². The summed E-state index contributed by atoms with van der Waals surface area (Å²) in [5, 5.41) is 0.410. The summed E-state index contributed by atoms with van der Waals surface area (Å²) in [7, 11) is 0. The molecule has 0 amide bonds. The SMILES string of the molecule is C[C@H](N)c1ccc(Oc2ccccc2F)c(Cl)c1. The Kier molecular flexibility index (Phi) is 3.84. The minimum Gasteiger partial charge on any atom is -0.453 e. The third kappa shape index (κ3) is 2.81. The van der Waals surface area contributed by atoms with Gasteiger partial charge in [0.1, 0.15) is 5.75 Å². The van der Waals surface area contributed by atoms with Crippen LogP contribution in [0, 0.1) is 5.82 Å². The van der Waals surface area contributed by atoms with Crippen LogP contribution in [0.4, 0.5) is 4.39 Å². The Morgan fingerprint density at radius 2 is 1.89 bits per heavy atom. The molecule has 0 aliphatic heterocycles. The number of para-hydroxylation sites is 1. The number of rotatable bonds is 3. The molecule has 0 unspecified atom stereocenters. The van der Waals surface area contributed by atoms with Crippen molar-refractivity contribution in [3.8, 4) is 11.5 Å². The van der Waals surface area contributed by atoms with Crippen molar-refractivity contribution in [1.29, 1.82) is 0 Å². The summed E-state index contributed by atoms with van der Waals surface area (Å²) in [6.45, 7) is 1.86. The first-order valence-electron chi connectivity index (χ1n) is 5.55. The van der Waals surface area contributed by atoms with E-state index in [1.54, 1.807) is 30.3 Å². The Morgan fingerprint density at radius 1 is 1.17 bits per heavy atom. The molecule has 0 aromatic heterocycles. The van der Waals surface area contributed by atoms with Gasteiger partial charge in [-0.25, -0.2) is 4.39 Å². The van der Waals surface area contributed by atoms with E-state index in [1.807, 2.05) is 13.0 Å². The molecule has 0 radical (unpaired) electrons. The highest BCUT2D eigenvalue weighted by atomic mass is 35.5. The third-order valence-electron chi connectivity index (χ3n) is 2.54. The Balaban J connectivity index is 2.28. The summed E-state index contributed by atoms with van der Waals surface area (Å²) in [4.78, 5) is 0. The first-order chi connectivity index (χ1) is 8.58. The number of ether oxygens (including phenoxy) is 1. The van der Waals surface area contributed by atoms with Gasteiger partial charge in [0.25, 0.3) is 0 Å². The van der Waals surface area contributed by atoms with E-state index in [2.05, 4.69) is 0 Å². The third-order valence-corrected chi connectivity index (χ3v) is 2.83. The Hall–Kier alpha value is -1.58. The number of nitrogens with two attached hydrogens (primary N) is 1. The zero-order chi connectivity index (χ0) is 13.1. The lowest BCUT2D eigenvalue weighted by Gasteiger charge is -2.11. The molecule has 0 aliphatic rings. The van der Waals surface area contributed by atoms with Gasteiger partial charge < -0.3 is 10.5 Å². The molecule has 0 spiro atoms. The van der Waals surface area contributed by atoms with Crippen LogP contribution in [-0.2, 0) is 0 Å². The van der Waals surface area contributed by atoms with Crippen LogP contribution < -0.4 is 10.5 Å². The van der Waals surface area contributed by atoms with Gasteiger partial charge in [-0.2, -0.15) is 0 Å². The quantitative estimate of drug-likeness (QED) is 0.898. The number of hydrogen-bond donors (Lipinski definition) is 1. The lowest BCUT2D eigenvalue weighted by molar-refractivity contribution is 0.442. The molecular formula is C14H13ClFNO. The maximum atomic E-state index is 13.4. The zero-order valence-electron chi connectivity index (χ0n) is 9.86. The van der Waals surface area contributed by atoms with E-state index in [0.29, 0.717) is 10.8 Å². The van der Waals surface area contributed by atoms with E-state index in [-0.39, 0.29) is 11.8 Å². The average Bonchev–Trinajstić information content (AvgIpc) is 2.34.